The van der Waals surface area contributed by atoms with Crippen molar-refractivity contribution < 1.29 is 19.2 Å². The highest BCUT2D eigenvalue weighted by Gasteiger charge is 2.36. The molecule has 0 radical (unpaired) electrons. The molecule has 2 aliphatic rings. The highest BCUT2D eigenvalue weighted by molar-refractivity contribution is 6.12. The number of hydrogen-bond donors (Lipinski definition) is 1. The maximum atomic E-state index is 13.0. The van der Waals surface area contributed by atoms with Crippen molar-refractivity contribution in [2.45, 2.75) is 32.2 Å². The van der Waals surface area contributed by atoms with Crippen LogP contribution in [-0.2, 0) is 9.59 Å². The third-order valence-electron chi connectivity index (χ3n) is 5.02. The van der Waals surface area contributed by atoms with E-state index in [-0.39, 0.29) is 24.3 Å². The lowest BCUT2D eigenvalue weighted by atomic mass is 10.0. The number of amides is 5. The Balaban J connectivity index is 1.76. The van der Waals surface area contributed by atoms with Crippen LogP contribution in [0.5, 0.6) is 0 Å². The minimum atomic E-state index is -0.469. The molecule has 1 atom stereocenters. The first-order valence-electron chi connectivity index (χ1n) is 9.19. The van der Waals surface area contributed by atoms with E-state index in [4.69, 9.17) is 0 Å². The van der Waals surface area contributed by atoms with Crippen LogP contribution in [0, 0.1) is 0 Å². The van der Waals surface area contributed by atoms with Gasteiger partial charge >= 0.3 is 6.03 Å². The normalized spacial score (nSPS) is 20.3. The van der Waals surface area contributed by atoms with Crippen molar-refractivity contribution >= 4 is 29.4 Å². The highest BCUT2D eigenvalue weighted by atomic mass is 16.2. The first-order chi connectivity index (χ1) is 12.9. The van der Waals surface area contributed by atoms with Crippen LogP contribution in [0.4, 0.5) is 10.5 Å². The molecule has 5 amide bonds. The Hall–Kier alpha value is -2.90. The van der Waals surface area contributed by atoms with Crippen molar-refractivity contribution in [3.8, 4) is 0 Å². The summed E-state index contributed by atoms with van der Waals surface area (Å²) in [5.41, 5.74) is 1.01. The zero-order valence-corrected chi connectivity index (χ0v) is 15.6. The molecule has 8 heteroatoms. The van der Waals surface area contributed by atoms with Gasteiger partial charge in [0.1, 0.15) is 12.6 Å². The van der Waals surface area contributed by atoms with E-state index in [1.54, 1.807) is 41.1 Å². The first-order valence-corrected chi connectivity index (χ1v) is 9.19. The molecule has 2 fully saturated rings. The Morgan fingerprint density at radius 3 is 2.44 bits per heavy atom. The number of carbonyl (C=O) groups is 4. The number of nitrogens with zero attached hydrogens (tertiary/aromatic N) is 3. The number of nitrogens with one attached hydrogen (secondary N) is 1. The number of urea groups is 1. The second-order valence-electron chi connectivity index (χ2n) is 6.90. The van der Waals surface area contributed by atoms with Gasteiger partial charge in [0.2, 0.25) is 11.8 Å². The van der Waals surface area contributed by atoms with Gasteiger partial charge in [-0.15, -0.1) is 0 Å². The average molecular weight is 372 g/mol. The summed E-state index contributed by atoms with van der Waals surface area (Å²) in [6, 6.07) is 5.65. The maximum Gasteiger partial charge on any atom is 0.329 e. The minimum Gasteiger partial charge on any atom is -0.342 e. The maximum absolute atomic E-state index is 13.0. The third kappa shape index (κ3) is 3.79. The highest BCUT2D eigenvalue weighted by Crippen LogP contribution is 2.22. The van der Waals surface area contributed by atoms with Crippen LogP contribution in [0.15, 0.2) is 24.3 Å². The average Bonchev–Trinajstić information content (AvgIpc) is 3.00. The summed E-state index contributed by atoms with van der Waals surface area (Å²) in [5, 5.41) is 2.22. The zero-order chi connectivity index (χ0) is 19.6. The fraction of sp³-hybridized carbons (Fsp3) is 0.474. The van der Waals surface area contributed by atoms with Gasteiger partial charge in [-0.1, -0.05) is 19.8 Å². The SMILES string of the molecule is CCCCC1C(=O)N(C)CCN1C(=O)c1ccc(N2CC(=O)NC2=O)cc1. The van der Waals surface area contributed by atoms with Crippen molar-refractivity contribution in [1.82, 2.24) is 15.1 Å². The van der Waals surface area contributed by atoms with Gasteiger partial charge in [0, 0.05) is 31.4 Å². The molecule has 0 saturated carbocycles. The first kappa shape index (κ1) is 18.9. The number of carbonyl (C=O) groups excluding carboxylic acids is 4. The van der Waals surface area contributed by atoms with E-state index in [9.17, 15) is 19.2 Å². The van der Waals surface area contributed by atoms with Crippen LogP contribution in [0.25, 0.3) is 0 Å². The molecule has 3 rings (SSSR count). The number of imide groups is 1. The summed E-state index contributed by atoms with van der Waals surface area (Å²) in [7, 11) is 1.76. The largest absolute Gasteiger partial charge is 0.342 e. The molecule has 27 heavy (non-hydrogen) atoms. The smallest absolute Gasteiger partial charge is 0.329 e. The van der Waals surface area contributed by atoms with Crippen molar-refractivity contribution in [2.24, 2.45) is 0 Å². The summed E-state index contributed by atoms with van der Waals surface area (Å²) in [6.45, 7) is 3.04. The van der Waals surface area contributed by atoms with E-state index in [0.29, 0.717) is 30.8 Å². The third-order valence-corrected chi connectivity index (χ3v) is 5.02. The number of benzene rings is 1. The number of hydrogen-bond acceptors (Lipinski definition) is 4. The van der Waals surface area contributed by atoms with E-state index in [1.165, 1.54) is 4.90 Å². The van der Waals surface area contributed by atoms with Crippen LogP contribution in [0.3, 0.4) is 0 Å². The van der Waals surface area contributed by atoms with Crippen molar-refractivity contribution in [3.05, 3.63) is 29.8 Å². The summed E-state index contributed by atoms with van der Waals surface area (Å²) in [6.07, 6.45) is 2.49. The van der Waals surface area contributed by atoms with Crippen molar-refractivity contribution in [2.75, 3.05) is 31.6 Å². The molecule has 1 unspecified atom stereocenters. The van der Waals surface area contributed by atoms with Gasteiger partial charge in [0.15, 0.2) is 0 Å². The molecule has 0 spiro atoms. The lowest BCUT2D eigenvalue weighted by Gasteiger charge is -2.39. The number of piperazine rings is 1. The van der Waals surface area contributed by atoms with Gasteiger partial charge in [-0.25, -0.2) is 4.79 Å². The van der Waals surface area contributed by atoms with Gasteiger partial charge in [-0.05, 0) is 30.7 Å². The second kappa shape index (κ2) is 7.77. The van der Waals surface area contributed by atoms with E-state index < -0.39 is 12.1 Å². The topological polar surface area (TPSA) is 90.0 Å². The van der Waals surface area contributed by atoms with E-state index in [0.717, 1.165) is 12.8 Å². The predicted molar refractivity (Wildman–Crippen MR) is 99.3 cm³/mol. The summed E-state index contributed by atoms with van der Waals surface area (Å²) in [4.78, 5) is 53.2. The molecular weight excluding hydrogens is 348 g/mol. The molecule has 0 bridgehead atoms. The van der Waals surface area contributed by atoms with E-state index >= 15 is 0 Å². The van der Waals surface area contributed by atoms with Crippen LogP contribution in [0.1, 0.15) is 36.5 Å². The van der Waals surface area contributed by atoms with Crippen molar-refractivity contribution in [3.63, 3.8) is 0 Å². The predicted octanol–water partition coefficient (Wildman–Crippen LogP) is 1.22. The van der Waals surface area contributed by atoms with E-state index in [1.807, 2.05) is 0 Å². The molecule has 2 aliphatic heterocycles. The Morgan fingerprint density at radius 1 is 1.15 bits per heavy atom. The fourth-order valence-corrected chi connectivity index (χ4v) is 3.43. The number of anilines is 1. The lowest BCUT2D eigenvalue weighted by Crippen LogP contribution is -2.57. The summed E-state index contributed by atoms with van der Waals surface area (Å²) >= 11 is 0. The van der Waals surface area contributed by atoms with Crippen LogP contribution >= 0.6 is 0 Å². The number of likely N-dealkylation sites (N-methyl/N-ethyl adjacent to an activating group) is 1. The Morgan fingerprint density at radius 2 is 1.85 bits per heavy atom. The Kier molecular flexibility index (Phi) is 5.43. The molecular formula is C19H24N4O4. The number of rotatable bonds is 5. The molecule has 1 N–H and O–H groups in total. The standard InChI is InChI=1S/C19H24N4O4/c1-3-4-5-15-18(26)21(2)10-11-22(15)17(25)13-6-8-14(9-7-13)23-12-16(24)20-19(23)27/h6-9,15H,3-5,10-12H2,1-2H3,(H,20,24,27). The molecule has 2 saturated heterocycles. The van der Waals surface area contributed by atoms with Crippen LogP contribution in [0.2, 0.25) is 0 Å². The fourth-order valence-electron chi connectivity index (χ4n) is 3.43. The van der Waals surface area contributed by atoms with Crippen LogP contribution in [-0.4, -0.2) is 66.3 Å². The van der Waals surface area contributed by atoms with Gasteiger partial charge in [0.25, 0.3) is 5.91 Å². The summed E-state index contributed by atoms with van der Waals surface area (Å²) < 4.78 is 0. The van der Waals surface area contributed by atoms with Gasteiger partial charge in [-0.3, -0.25) is 24.6 Å². The minimum absolute atomic E-state index is 0.0214. The van der Waals surface area contributed by atoms with Crippen molar-refractivity contribution in [1.29, 1.82) is 0 Å². The zero-order valence-electron chi connectivity index (χ0n) is 15.6. The molecule has 1 aromatic carbocycles. The molecule has 1 aromatic rings. The molecule has 8 nitrogen and oxygen atoms in total. The quantitative estimate of drug-likeness (QED) is 0.787. The Bertz CT molecular complexity index is 761. The molecule has 0 aromatic heterocycles. The Labute approximate surface area is 158 Å². The van der Waals surface area contributed by atoms with Gasteiger partial charge in [-0.2, -0.15) is 0 Å². The van der Waals surface area contributed by atoms with Crippen LogP contribution < -0.4 is 10.2 Å². The molecule has 0 aliphatic carbocycles. The van der Waals surface area contributed by atoms with E-state index in [2.05, 4.69) is 12.2 Å². The molecule has 144 valence electrons. The monoisotopic (exact) mass is 372 g/mol. The second-order valence-corrected chi connectivity index (χ2v) is 6.90. The van der Waals surface area contributed by atoms with Gasteiger partial charge < -0.3 is 9.80 Å². The lowest BCUT2D eigenvalue weighted by molar-refractivity contribution is -0.138. The molecule has 2 heterocycles. The summed E-state index contributed by atoms with van der Waals surface area (Å²) in [5.74, 6) is -0.562. The number of unbranched alkanes of at least 4 members (excludes halogenated alkanes) is 1. The van der Waals surface area contributed by atoms with Gasteiger partial charge in [0.05, 0.1) is 0 Å².